The van der Waals surface area contributed by atoms with Crippen LogP contribution < -0.4 is 5.32 Å². The van der Waals surface area contributed by atoms with Crippen molar-refractivity contribution in [1.82, 2.24) is 5.32 Å². The van der Waals surface area contributed by atoms with E-state index in [4.69, 9.17) is 0 Å². The molecule has 1 amide bonds. The SMILES string of the molecule is C=CC(=O)NC1(c2cccc(C)c2)CCC1. The fraction of sp³-hybridized carbons (Fsp3) is 0.357. The molecule has 1 aliphatic rings. The lowest BCUT2D eigenvalue weighted by Gasteiger charge is -2.43. The van der Waals surface area contributed by atoms with Crippen molar-refractivity contribution in [3.05, 3.63) is 48.0 Å². The van der Waals surface area contributed by atoms with Crippen molar-refractivity contribution < 1.29 is 4.79 Å². The fourth-order valence-corrected chi connectivity index (χ4v) is 2.25. The first-order chi connectivity index (χ1) is 7.66. The van der Waals surface area contributed by atoms with Gasteiger partial charge in [-0.15, -0.1) is 0 Å². The van der Waals surface area contributed by atoms with Gasteiger partial charge in [0.2, 0.25) is 5.91 Å². The Morgan fingerprint density at radius 2 is 2.25 bits per heavy atom. The molecular formula is C14H17NO. The minimum Gasteiger partial charge on any atom is -0.343 e. The first kappa shape index (κ1) is 10.9. The lowest BCUT2D eigenvalue weighted by Crippen LogP contribution is -2.50. The maximum atomic E-state index is 11.4. The zero-order valence-corrected chi connectivity index (χ0v) is 9.62. The molecule has 1 aromatic rings. The van der Waals surface area contributed by atoms with Crippen LogP contribution in [0.25, 0.3) is 0 Å². The summed E-state index contributed by atoms with van der Waals surface area (Å²) in [5.74, 6) is -0.0822. The molecule has 0 heterocycles. The summed E-state index contributed by atoms with van der Waals surface area (Å²) in [7, 11) is 0. The molecule has 0 aromatic heterocycles. The van der Waals surface area contributed by atoms with Crippen molar-refractivity contribution in [3.8, 4) is 0 Å². The van der Waals surface area contributed by atoms with Crippen LogP contribution >= 0.6 is 0 Å². The molecule has 0 atom stereocenters. The van der Waals surface area contributed by atoms with Crippen LogP contribution in [0, 0.1) is 6.92 Å². The summed E-state index contributed by atoms with van der Waals surface area (Å²) in [5, 5.41) is 3.07. The van der Waals surface area contributed by atoms with E-state index in [0.717, 1.165) is 12.8 Å². The van der Waals surface area contributed by atoms with E-state index in [1.807, 2.05) is 6.07 Å². The third-order valence-corrected chi connectivity index (χ3v) is 3.33. The first-order valence-electron chi connectivity index (χ1n) is 5.68. The van der Waals surface area contributed by atoms with Crippen LogP contribution in [0.15, 0.2) is 36.9 Å². The second-order valence-electron chi connectivity index (χ2n) is 4.50. The van der Waals surface area contributed by atoms with Gasteiger partial charge in [-0.05, 0) is 37.8 Å². The highest BCUT2D eigenvalue weighted by Crippen LogP contribution is 2.41. The lowest BCUT2D eigenvalue weighted by molar-refractivity contribution is -0.119. The van der Waals surface area contributed by atoms with Crippen LogP contribution in [0.2, 0.25) is 0 Å². The molecule has 0 unspecified atom stereocenters. The molecule has 1 fully saturated rings. The summed E-state index contributed by atoms with van der Waals surface area (Å²) >= 11 is 0. The molecule has 2 rings (SSSR count). The maximum Gasteiger partial charge on any atom is 0.244 e. The molecule has 1 saturated carbocycles. The Morgan fingerprint density at radius 1 is 1.50 bits per heavy atom. The fourth-order valence-electron chi connectivity index (χ4n) is 2.25. The minimum absolute atomic E-state index is 0.0822. The molecular weight excluding hydrogens is 198 g/mol. The van der Waals surface area contributed by atoms with Crippen molar-refractivity contribution in [2.24, 2.45) is 0 Å². The number of amides is 1. The summed E-state index contributed by atoms with van der Waals surface area (Å²) in [4.78, 5) is 11.4. The standard InChI is InChI=1S/C14H17NO/c1-3-13(16)15-14(8-5-9-14)12-7-4-6-11(2)10-12/h3-4,6-7,10H,1,5,8-9H2,2H3,(H,15,16). The smallest absolute Gasteiger partial charge is 0.244 e. The number of carbonyl (C=O) groups excluding carboxylic acids is 1. The summed E-state index contributed by atoms with van der Waals surface area (Å²) in [6.45, 7) is 5.58. The van der Waals surface area contributed by atoms with Crippen LogP contribution in [0.3, 0.4) is 0 Å². The van der Waals surface area contributed by atoms with E-state index in [1.54, 1.807) is 0 Å². The number of carbonyl (C=O) groups is 1. The summed E-state index contributed by atoms with van der Waals surface area (Å²) in [5.41, 5.74) is 2.31. The monoisotopic (exact) mass is 215 g/mol. The third-order valence-electron chi connectivity index (χ3n) is 3.33. The van der Waals surface area contributed by atoms with Gasteiger partial charge in [0.15, 0.2) is 0 Å². The molecule has 2 nitrogen and oxygen atoms in total. The number of benzene rings is 1. The Hall–Kier alpha value is -1.57. The molecule has 1 aliphatic carbocycles. The molecule has 0 saturated heterocycles. The third kappa shape index (κ3) is 1.87. The minimum atomic E-state index is -0.142. The molecule has 0 aliphatic heterocycles. The number of hydrogen-bond acceptors (Lipinski definition) is 1. The number of aryl methyl sites for hydroxylation is 1. The van der Waals surface area contributed by atoms with E-state index in [9.17, 15) is 4.79 Å². The van der Waals surface area contributed by atoms with Gasteiger partial charge in [-0.1, -0.05) is 36.4 Å². The number of rotatable bonds is 3. The lowest BCUT2D eigenvalue weighted by atomic mass is 9.71. The maximum absolute atomic E-state index is 11.4. The van der Waals surface area contributed by atoms with E-state index in [0.29, 0.717) is 0 Å². The van der Waals surface area contributed by atoms with Gasteiger partial charge in [0.05, 0.1) is 5.54 Å². The van der Waals surface area contributed by atoms with Crippen LogP contribution in [0.1, 0.15) is 30.4 Å². The van der Waals surface area contributed by atoms with Crippen molar-refractivity contribution >= 4 is 5.91 Å². The van der Waals surface area contributed by atoms with Crippen molar-refractivity contribution in [3.63, 3.8) is 0 Å². The van der Waals surface area contributed by atoms with Crippen molar-refractivity contribution in [2.75, 3.05) is 0 Å². The van der Waals surface area contributed by atoms with Crippen LogP contribution in [0.5, 0.6) is 0 Å². The quantitative estimate of drug-likeness (QED) is 0.772. The highest BCUT2D eigenvalue weighted by Gasteiger charge is 2.39. The molecule has 0 radical (unpaired) electrons. The Bertz CT molecular complexity index is 418. The van der Waals surface area contributed by atoms with Gasteiger partial charge in [-0.3, -0.25) is 4.79 Å². The highest BCUT2D eigenvalue weighted by atomic mass is 16.1. The average Bonchev–Trinajstić information content (AvgIpc) is 2.23. The number of nitrogens with one attached hydrogen (secondary N) is 1. The predicted octanol–water partition coefficient (Wildman–Crippen LogP) is 2.68. The van der Waals surface area contributed by atoms with E-state index >= 15 is 0 Å². The zero-order chi connectivity index (χ0) is 11.6. The highest BCUT2D eigenvalue weighted by molar-refractivity contribution is 5.87. The van der Waals surface area contributed by atoms with Crippen LogP contribution in [-0.4, -0.2) is 5.91 Å². The molecule has 0 bridgehead atoms. The topological polar surface area (TPSA) is 29.1 Å². The molecule has 1 N–H and O–H groups in total. The van der Waals surface area contributed by atoms with E-state index in [2.05, 4.69) is 37.0 Å². The Morgan fingerprint density at radius 3 is 2.75 bits per heavy atom. The van der Waals surface area contributed by atoms with Crippen LogP contribution in [-0.2, 0) is 10.3 Å². The Kier molecular flexibility index (Phi) is 2.82. The van der Waals surface area contributed by atoms with Gasteiger partial charge < -0.3 is 5.32 Å². The summed E-state index contributed by atoms with van der Waals surface area (Å²) < 4.78 is 0. The summed E-state index contributed by atoms with van der Waals surface area (Å²) in [6, 6.07) is 8.37. The first-order valence-corrected chi connectivity index (χ1v) is 5.68. The molecule has 2 heteroatoms. The summed E-state index contributed by atoms with van der Waals surface area (Å²) in [6.07, 6.45) is 4.56. The van der Waals surface area contributed by atoms with Crippen LogP contribution in [0.4, 0.5) is 0 Å². The van der Waals surface area contributed by atoms with E-state index in [-0.39, 0.29) is 11.4 Å². The van der Waals surface area contributed by atoms with Crippen molar-refractivity contribution in [1.29, 1.82) is 0 Å². The Balaban J connectivity index is 2.27. The molecule has 16 heavy (non-hydrogen) atoms. The molecule has 84 valence electrons. The van der Waals surface area contributed by atoms with Gasteiger partial charge in [0.25, 0.3) is 0 Å². The van der Waals surface area contributed by atoms with E-state index < -0.39 is 0 Å². The van der Waals surface area contributed by atoms with Gasteiger partial charge in [0.1, 0.15) is 0 Å². The second-order valence-corrected chi connectivity index (χ2v) is 4.50. The molecule has 0 spiro atoms. The normalized spacial score (nSPS) is 17.3. The predicted molar refractivity (Wildman–Crippen MR) is 65.0 cm³/mol. The van der Waals surface area contributed by atoms with E-state index in [1.165, 1.54) is 23.6 Å². The molecule has 1 aromatic carbocycles. The number of hydrogen-bond donors (Lipinski definition) is 1. The van der Waals surface area contributed by atoms with Gasteiger partial charge in [0, 0.05) is 0 Å². The average molecular weight is 215 g/mol. The van der Waals surface area contributed by atoms with Gasteiger partial charge >= 0.3 is 0 Å². The van der Waals surface area contributed by atoms with Crippen molar-refractivity contribution in [2.45, 2.75) is 31.7 Å². The van der Waals surface area contributed by atoms with Gasteiger partial charge in [-0.25, -0.2) is 0 Å². The Labute approximate surface area is 96.4 Å². The second kappa shape index (κ2) is 4.12. The van der Waals surface area contributed by atoms with Gasteiger partial charge in [-0.2, -0.15) is 0 Å². The zero-order valence-electron chi connectivity index (χ0n) is 9.62. The largest absolute Gasteiger partial charge is 0.343 e.